The van der Waals surface area contributed by atoms with Gasteiger partial charge in [0, 0.05) is 10.2 Å². The van der Waals surface area contributed by atoms with Gasteiger partial charge in [0.25, 0.3) is 0 Å². The van der Waals surface area contributed by atoms with Gasteiger partial charge in [-0.2, -0.15) is 0 Å². The number of carbonyl (C=O) groups excluding carboxylic acids is 1. The van der Waals surface area contributed by atoms with Crippen molar-refractivity contribution < 1.29 is 4.79 Å². The molecule has 3 N–H and O–H groups in total. The fourth-order valence-electron chi connectivity index (χ4n) is 1.77. The highest BCUT2D eigenvalue weighted by Gasteiger charge is 2.16. The third kappa shape index (κ3) is 3.22. The Bertz CT molecular complexity index is 584. The summed E-state index contributed by atoms with van der Waals surface area (Å²) in [7, 11) is 0. The molecule has 19 heavy (non-hydrogen) atoms. The second-order valence-corrected chi connectivity index (χ2v) is 5.14. The third-order valence-electron chi connectivity index (χ3n) is 2.97. The average Bonchev–Trinajstić information content (AvgIpc) is 2.44. The Morgan fingerprint density at radius 2 is 1.84 bits per heavy atom. The lowest BCUT2D eigenvalue weighted by atomic mass is 10.1. The summed E-state index contributed by atoms with van der Waals surface area (Å²) in [6, 6.07) is 14.3. The molecule has 0 aliphatic heterocycles. The Hall–Kier alpha value is -1.65. The molecular formula is C15H15BrN2O. The molecule has 0 radical (unpaired) electrons. The molecule has 1 unspecified atom stereocenters. The number of rotatable bonds is 3. The molecule has 2 rings (SSSR count). The lowest BCUT2D eigenvalue weighted by Crippen LogP contribution is -2.27. The summed E-state index contributed by atoms with van der Waals surface area (Å²) < 4.78 is 0.957. The van der Waals surface area contributed by atoms with Crippen molar-refractivity contribution in [2.45, 2.75) is 13.0 Å². The van der Waals surface area contributed by atoms with E-state index < -0.39 is 6.04 Å². The maximum atomic E-state index is 12.1. The Kier molecular flexibility index (Phi) is 4.35. The van der Waals surface area contributed by atoms with Crippen molar-refractivity contribution in [3.63, 3.8) is 0 Å². The summed E-state index contributed by atoms with van der Waals surface area (Å²) in [6.45, 7) is 1.94. The first kappa shape index (κ1) is 13.8. The second-order valence-electron chi connectivity index (χ2n) is 4.29. The van der Waals surface area contributed by atoms with Crippen molar-refractivity contribution >= 4 is 27.5 Å². The van der Waals surface area contributed by atoms with Crippen LogP contribution in [0.25, 0.3) is 0 Å². The molecule has 2 aromatic rings. The first-order valence-corrected chi connectivity index (χ1v) is 6.75. The smallest absolute Gasteiger partial charge is 0.245 e. The highest BCUT2D eigenvalue weighted by atomic mass is 79.9. The molecule has 0 aromatic heterocycles. The van der Waals surface area contributed by atoms with Gasteiger partial charge in [0.1, 0.15) is 6.04 Å². The number of nitrogens with two attached hydrogens (primary N) is 1. The second kappa shape index (κ2) is 5.99. The minimum atomic E-state index is -0.667. The van der Waals surface area contributed by atoms with Crippen LogP contribution < -0.4 is 11.1 Å². The molecule has 1 atom stereocenters. The summed E-state index contributed by atoms with van der Waals surface area (Å²) in [4.78, 5) is 12.1. The van der Waals surface area contributed by atoms with Crippen molar-refractivity contribution in [1.29, 1.82) is 0 Å². The number of benzene rings is 2. The largest absolute Gasteiger partial charge is 0.324 e. The topological polar surface area (TPSA) is 55.1 Å². The average molecular weight is 319 g/mol. The van der Waals surface area contributed by atoms with Gasteiger partial charge in [0.15, 0.2) is 0 Å². The molecule has 0 saturated heterocycles. The van der Waals surface area contributed by atoms with E-state index in [2.05, 4.69) is 21.2 Å². The first-order valence-electron chi connectivity index (χ1n) is 5.96. The van der Waals surface area contributed by atoms with Gasteiger partial charge in [0.05, 0.1) is 0 Å². The van der Waals surface area contributed by atoms with E-state index in [9.17, 15) is 4.79 Å². The molecule has 3 nitrogen and oxygen atoms in total. The van der Waals surface area contributed by atoms with E-state index >= 15 is 0 Å². The highest BCUT2D eigenvalue weighted by molar-refractivity contribution is 9.10. The molecule has 0 aliphatic rings. The molecule has 0 heterocycles. The highest BCUT2D eigenvalue weighted by Crippen LogP contribution is 2.24. The number of halogens is 1. The summed E-state index contributed by atoms with van der Waals surface area (Å²) in [5, 5.41) is 2.86. The van der Waals surface area contributed by atoms with Crippen LogP contribution in [0.4, 0.5) is 5.69 Å². The Morgan fingerprint density at radius 3 is 2.53 bits per heavy atom. The predicted octanol–water partition coefficient (Wildman–Crippen LogP) is 3.40. The Labute approximate surface area is 121 Å². The summed E-state index contributed by atoms with van der Waals surface area (Å²) in [6.07, 6.45) is 0. The summed E-state index contributed by atoms with van der Waals surface area (Å²) in [5.41, 5.74) is 8.50. The van der Waals surface area contributed by atoms with Crippen LogP contribution in [0, 0.1) is 6.92 Å². The molecule has 0 spiro atoms. The number of carbonyl (C=O) groups is 1. The zero-order chi connectivity index (χ0) is 13.8. The van der Waals surface area contributed by atoms with Crippen molar-refractivity contribution in [2.75, 3.05) is 5.32 Å². The maximum absolute atomic E-state index is 12.1. The van der Waals surface area contributed by atoms with E-state index in [1.165, 1.54) is 0 Å². The van der Waals surface area contributed by atoms with Crippen LogP contribution in [0.1, 0.15) is 17.2 Å². The number of anilines is 1. The number of nitrogens with one attached hydrogen (secondary N) is 1. The van der Waals surface area contributed by atoms with Crippen LogP contribution >= 0.6 is 15.9 Å². The zero-order valence-corrected chi connectivity index (χ0v) is 12.1. The van der Waals surface area contributed by atoms with E-state index in [4.69, 9.17) is 5.73 Å². The van der Waals surface area contributed by atoms with Crippen molar-refractivity contribution in [3.05, 3.63) is 64.1 Å². The standard InChI is InChI=1S/C15H15BrN2O/c1-10-12(16)8-5-9-13(10)18-15(19)14(17)11-6-3-2-4-7-11/h2-9,14H,17H2,1H3,(H,18,19). The quantitative estimate of drug-likeness (QED) is 0.911. The first-order chi connectivity index (χ1) is 9.09. The molecule has 98 valence electrons. The van der Waals surface area contributed by atoms with Gasteiger partial charge >= 0.3 is 0 Å². The van der Waals surface area contributed by atoms with E-state index in [0.717, 1.165) is 21.3 Å². The number of amides is 1. The SMILES string of the molecule is Cc1c(Br)cccc1NC(=O)C(N)c1ccccc1. The van der Waals surface area contributed by atoms with Crippen molar-refractivity contribution in [1.82, 2.24) is 0 Å². The van der Waals surface area contributed by atoms with Gasteiger partial charge < -0.3 is 11.1 Å². The Balaban J connectivity index is 2.15. The maximum Gasteiger partial charge on any atom is 0.245 e. The molecular weight excluding hydrogens is 304 g/mol. The van der Waals surface area contributed by atoms with Crippen LogP contribution in [0.2, 0.25) is 0 Å². The van der Waals surface area contributed by atoms with Crippen molar-refractivity contribution in [3.8, 4) is 0 Å². The molecule has 0 aliphatic carbocycles. The normalized spacial score (nSPS) is 11.9. The molecule has 0 saturated carbocycles. The summed E-state index contributed by atoms with van der Waals surface area (Å²) >= 11 is 3.44. The number of hydrogen-bond acceptors (Lipinski definition) is 2. The van der Waals surface area contributed by atoms with Gasteiger partial charge in [-0.1, -0.05) is 52.3 Å². The third-order valence-corrected chi connectivity index (χ3v) is 3.83. The lowest BCUT2D eigenvalue weighted by Gasteiger charge is -2.14. The van der Waals surface area contributed by atoms with Crippen LogP contribution in [0.15, 0.2) is 53.0 Å². The van der Waals surface area contributed by atoms with E-state index in [1.54, 1.807) is 0 Å². The summed E-state index contributed by atoms with van der Waals surface area (Å²) in [5.74, 6) is -0.215. The fourth-order valence-corrected chi connectivity index (χ4v) is 2.13. The van der Waals surface area contributed by atoms with Crippen LogP contribution in [0.3, 0.4) is 0 Å². The monoisotopic (exact) mass is 318 g/mol. The zero-order valence-electron chi connectivity index (χ0n) is 10.6. The van der Waals surface area contributed by atoms with Gasteiger partial charge in [0.2, 0.25) is 5.91 Å². The fraction of sp³-hybridized carbons (Fsp3) is 0.133. The molecule has 1 amide bonds. The van der Waals surface area contributed by atoms with Crippen LogP contribution in [-0.2, 0) is 4.79 Å². The minimum Gasteiger partial charge on any atom is -0.324 e. The van der Waals surface area contributed by atoms with E-state index in [-0.39, 0.29) is 5.91 Å². The van der Waals surface area contributed by atoms with Gasteiger partial charge in [-0.25, -0.2) is 0 Å². The van der Waals surface area contributed by atoms with E-state index in [1.807, 2.05) is 55.5 Å². The predicted molar refractivity (Wildman–Crippen MR) is 80.9 cm³/mol. The van der Waals surface area contributed by atoms with Crippen LogP contribution in [-0.4, -0.2) is 5.91 Å². The number of hydrogen-bond donors (Lipinski definition) is 2. The minimum absolute atomic E-state index is 0.215. The Morgan fingerprint density at radius 1 is 1.16 bits per heavy atom. The molecule has 2 aromatic carbocycles. The molecule has 4 heteroatoms. The van der Waals surface area contributed by atoms with Gasteiger partial charge in [-0.3, -0.25) is 4.79 Å². The van der Waals surface area contributed by atoms with Crippen molar-refractivity contribution in [2.24, 2.45) is 5.73 Å². The lowest BCUT2D eigenvalue weighted by molar-refractivity contribution is -0.117. The molecule has 0 fully saturated rings. The molecule has 0 bridgehead atoms. The van der Waals surface area contributed by atoms with Gasteiger partial charge in [-0.15, -0.1) is 0 Å². The van der Waals surface area contributed by atoms with E-state index in [0.29, 0.717) is 0 Å². The van der Waals surface area contributed by atoms with Crippen LogP contribution in [0.5, 0.6) is 0 Å². The van der Waals surface area contributed by atoms with Gasteiger partial charge in [-0.05, 0) is 30.2 Å².